The van der Waals surface area contributed by atoms with Crippen LogP contribution < -0.4 is 31.4 Å². The van der Waals surface area contributed by atoms with Crippen LogP contribution in [0.4, 0.5) is 11.4 Å². The van der Waals surface area contributed by atoms with Crippen molar-refractivity contribution in [1.82, 2.24) is 0 Å². The summed E-state index contributed by atoms with van der Waals surface area (Å²) in [6, 6.07) is 12.0. The van der Waals surface area contributed by atoms with Gasteiger partial charge in [-0.2, -0.15) is 0 Å². The van der Waals surface area contributed by atoms with Crippen molar-refractivity contribution in [3.05, 3.63) is 69.4 Å². The van der Waals surface area contributed by atoms with E-state index in [0.29, 0.717) is 23.6 Å². The first-order valence-electron chi connectivity index (χ1n) is 18.6. The molecule has 2 amide bonds. The van der Waals surface area contributed by atoms with E-state index in [0.717, 1.165) is 0 Å². The van der Waals surface area contributed by atoms with Gasteiger partial charge in [-0.3, -0.25) is 9.59 Å². The third kappa shape index (κ3) is 9.19. The number of hydrogen-bond donors (Lipinski definition) is 6. The lowest BCUT2D eigenvalue weighted by atomic mass is 9.89. The summed E-state index contributed by atoms with van der Waals surface area (Å²) in [6.07, 6.45) is -8.92. The summed E-state index contributed by atoms with van der Waals surface area (Å²) < 4.78 is 44.6. The zero-order valence-corrected chi connectivity index (χ0v) is 32.8. The van der Waals surface area contributed by atoms with Crippen molar-refractivity contribution in [3.8, 4) is 11.5 Å². The quantitative estimate of drug-likeness (QED) is 0.0838. The summed E-state index contributed by atoms with van der Waals surface area (Å²) in [6.45, 7) is 6.77. The predicted octanol–water partition coefficient (Wildman–Crippen LogP) is 2.54. The van der Waals surface area contributed by atoms with Crippen molar-refractivity contribution in [2.75, 3.05) is 24.9 Å². The van der Waals surface area contributed by atoms with Crippen molar-refractivity contribution in [3.63, 3.8) is 0 Å². The molecule has 0 spiro atoms. The van der Waals surface area contributed by atoms with Crippen LogP contribution >= 0.6 is 0 Å². The standard InChI is InChI=1S/C40H48N2O16/c1-39(2)33(51-5)29(45)31(47)37(57-39)53-21-13-11-19-15-23(35(49)55-25(19)17-21)41-27(43)9-7-8-10-28(44)42-24-16-20-12-14-22(18-26(20)56-36(24)50)54-38-32(48)30(46)34(52-6)40(3,4)58-38/h11-18,29-34,37-38,45-48H,7-10H2,1-6H3,(H,41,43)(H,42,44)/t29-,30-,31+,32+,33+,34+,37+,38+/m0/s1. The van der Waals surface area contributed by atoms with Crippen molar-refractivity contribution in [2.24, 2.45) is 0 Å². The molecule has 8 atom stereocenters. The molecule has 2 fully saturated rings. The number of hydrogen-bond acceptors (Lipinski definition) is 16. The molecule has 2 aliphatic heterocycles. The number of benzene rings is 2. The lowest BCUT2D eigenvalue weighted by Gasteiger charge is -2.46. The Bertz CT molecular complexity index is 2090. The number of anilines is 2. The van der Waals surface area contributed by atoms with Gasteiger partial charge in [0.15, 0.2) is 0 Å². The molecule has 0 saturated carbocycles. The first-order valence-corrected chi connectivity index (χ1v) is 18.6. The van der Waals surface area contributed by atoms with Crippen molar-refractivity contribution >= 4 is 45.1 Å². The third-order valence-corrected chi connectivity index (χ3v) is 10.1. The maximum atomic E-state index is 12.7. The zero-order chi connectivity index (χ0) is 42.1. The number of aliphatic hydroxyl groups excluding tert-OH is 4. The molecule has 6 N–H and O–H groups in total. The normalized spacial score (nSPS) is 26.6. The molecular weight excluding hydrogens is 764 g/mol. The average molecular weight is 813 g/mol. The van der Waals surface area contributed by atoms with E-state index < -0.39 is 83.5 Å². The van der Waals surface area contributed by atoms with Gasteiger partial charge in [0.2, 0.25) is 24.4 Å². The van der Waals surface area contributed by atoms with Crippen LogP contribution in [0.1, 0.15) is 53.4 Å². The monoisotopic (exact) mass is 812 g/mol. The largest absolute Gasteiger partial charge is 0.462 e. The molecule has 58 heavy (non-hydrogen) atoms. The molecule has 4 heterocycles. The number of carbonyl (C=O) groups is 2. The van der Waals surface area contributed by atoms with E-state index in [1.165, 1.54) is 38.5 Å². The highest BCUT2D eigenvalue weighted by Gasteiger charge is 2.51. The first kappa shape index (κ1) is 42.7. The predicted molar refractivity (Wildman–Crippen MR) is 205 cm³/mol. The van der Waals surface area contributed by atoms with Gasteiger partial charge in [-0.25, -0.2) is 9.59 Å². The summed E-state index contributed by atoms with van der Waals surface area (Å²) in [5.74, 6) is -0.565. The maximum absolute atomic E-state index is 12.7. The van der Waals surface area contributed by atoms with Crippen LogP contribution in [0.25, 0.3) is 21.9 Å². The van der Waals surface area contributed by atoms with E-state index in [-0.39, 0.29) is 46.9 Å². The first-order chi connectivity index (χ1) is 27.4. The number of aliphatic hydroxyl groups is 4. The molecule has 2 aromatic heterocycles. The number of ether oxygens (including phenoxy) is 6. The van der Waals surface area contributed by atoms with Gasteiger partial charge < -0.3 is 68.3 Å². The van der Waals surface area contributed by atoms with Crippen LogP contribution in [0.15, 0.2) is 67.0 Å². The van der Waals surface area contributed by atoms with Crippen LogP contribution in [-0.4, -0.2) is 107 Å². The summed E-state index contributed by atoms with van der Waals surface area (Å²) in [5.41, 5.74) is -3.49. The molecule has 0 radical (unpaired) electrons. The smallest absolute Gasteiger partial charge is 0.360 e. The Balaban J connectivity index is 0.978. The van der Waals surface area contributed by atoms with Gasteiger partial charge in [-0.1, -0.05) is 0 Å². The van der Waals surface area contributed by atoms with Gasteiger partial charge in [0.05, 0.1) is 11.2 Å². The number of methoxy groups -OCH3 is 2. The van der Waals surface area contributed by atoms with Crippen molar-refractivity contribution in [1.29, 1.82) is 0 Å². The lowest BCUT2D eigenvalue weighted by molar-refractivity contribution is -0.306. The van der Waals surface area contributed by atoms with E-state index in [1.54, 1.807) is 52.0 Å². The van der Waals surface area contributed by atoms with Gasteiger partial charge in [0.1, 0.15) is 70.7 Å². The average Bonchev–Trinajstić information content (AvgIpc) is 3.15. The highest BCUT2D eigenvalue weighted by atomic mass is 16.7. The van der Waals surface area contributed by atoms with E-state index in [9.17, 15) is 39.6 Å². The van der Waals surface area contributed by atoms with Crippen LogP contribution in [0.3, 0.4) is 0 Å². The lowest BCUT2D eigenvalue weighted by Crippen LogP contribution is -2.63. The van der Waals surface area contributed by atoms with Crippen LogP contribution in [-0.2, 0) is 28.5 Å². The van der Waals surface area contributed by atoms with E-state index >= 15 is 0 Å². The molecule has 314 valence electrons. The fourth-order valence-corrected chi connectivity index (χ4v) is 7.18. The Kier molecular flexibility index (Phi) is 12.6. The molecule has 4 aromatic rings. The van der Waals surface area contributed by atoms with E-state index in [1.807, 2.05) is 0 Å². The molecule has 2 aromatic carbocycles. The highest BCUT2D eigenvalue weighted by molar-refractivity contribution is 5.94. The Hall–Kier alpha value is -4.92. The van der Waals surface area contributed by atoms with Gasteiger partial charge >= 0.3 is 11.3 Å². The number of rotatable bonds is 13. The summed E-state index contributed by atoms with van der Waals surface area (Å²) >= 11 is 0. The summed E-state index contributed by atoms with van der Waals surface area (Å²) in [7, 11) is 2.80. The molecule has 18 heteroatoms. The molecular formula is C40H48N2O16. The van der Waals surface area contributed by atoms with Crippen LogP contribution in [0, 0.1) is 0 Å². The molecule has 6 rings (SSSR count). The maximum Gasteiger partial charge on any atom is 0.360 e. The fourth-order valence-electron chi connectivity index (χ4n) is 7.18. The van der Waals surface area contributed by atoms with Crippen molar-refractivity contribution < 1.29 is 67.3 Å². The van der Waals surface area contributed by atoms with Gasteiger partial charge in [-0.05, 0) is 76.9 Å². The molecule has 2 aliphatic rings. The van der Waals surface area contributed by atoms with Gasteiger partial charge in [0.25, 0.3) is 0 Å². The number of amides is 2. The SMILES string of the molecule is CO[C@@H]1[C@@H](O)[C@@H](O)[C@H](Oc2ccc3cc(NC(=O)CCCCC(=O)Nc4cc5ccc(O[C@@H]6OC(C)(C)[C@H](OC)[C@@H](O)[C@H]6O)cc5oc4=O)c(=O)oc3c2)OC1(C)C. The third-order valence-electron chi connectivity index (χ3n) is 10.1. The number of carbonyl (C=O) groups excluding carboxylic acids is 2. The Labute approximate surface area is 331 Å². The highest BCUT2D eigenvalue weighted by Crippen LogP contribution is 2.35. The van der Waals surface area contributed by atoms with E-state index in [4.69, 9.17) is 37.3 Å². The second-order valence-corrected chi connectivity index (χ2v) is 15.3. The molecule has 0 bridgehead atoms. The molecule has 2 saturated heterocycles. The minimum absolute atomic E-state index is 0.0117. The summed E-state index contributed by atoms with van der Waals surface area (Å²) in [5, 5.41) is 48.1. The minimum Gasteiger partial charge on any atom is -0.462 e. The number of nitrogens with one attached hydrogen (secondary N) is 2. The Morgan fingerprint density at radius 2 is 1.00 bits per heavy atom. The summed E-state index contributed by atoms with van der Waals surface area (Å²) in [4.78, 5) is 50.8. The number of unbranched alkanes of at least 4 members (excludes halogenated alkanes) is 1. The minimum atomic E-state index is -1.42. The van der Waals surface area contributed by atoms with Crippen molar-refractivity contribution in [2.45, 2.75) is 114 Å². The molecule has 0 aliphatic carbocycles. The van der Waals surface area contributed by atoms with Gasteiger partial charge in [0, 0.05) is 50.0 Å². The Morgan fingerprint density at radius 1 is 0.621 bits per heavy atom. The van der Waals surface area contributed by atoms with Crippen LogP contribution in [0.5, 0.6) is 11.5 Å². The second-order valence-electron chi connectivity index (χ2n) is 15.3. The fraction of sp³-hybridized carbons (Fsp3) is 0.500. The van der Waals surface area contributed by atoms with E-state index in [2.05, 4.69) is 10.6 Å². The topological polar surface area (TPSA) is 255 Å². The molecule has 0 unspecified atom stereocenters. The molecule has 18 nitrogen and oxygen atoms in total. The van der Waals surface area contributed by atoms with Crippen LogP contribution in [0.2, 0.25) is 0 Å². The Morgan fingerprint density at radius 3 is 1.36 bits per heavy atom. The zero-order valence-electron chi connectivity index (χ0n) is 32.8. The second kappa shape index (κ2) is 17.1. The number of fused-ring (bicyclic) bond motifs is 2. The van der Waals surface area contributed by atoms with Gasteiger partial charge in [-0.15, -0.1) is 0 Å².